The quantitative estimate of drug-likeness (QED) is 0.0238. The zero-order valence-electron chi connectivity index (χ0n) is 45.8. The van der Waals surface area contributed by atoms with Crippen molar-refractivity contribution in [3.05, 3.63) is 97.4 Å². The molecule has 0 radical (unpaired) electrons. The van der Waals surface area contributed by atoms with Crippen LogP contribution >= 0.6 is 24.9 Å². The molecule has 4 aliphatic rings. The lowest BCUT2D eigenvalue weighted by atomic mass is 10.1. The SMILES string of the molecule is C.COC1[C@@H](OP(=O)(OC[C@H]2O[C@@H](n3cnc4c(N)ncnc43)C[C@H]2O)SCOC(=O)OC(C)C)[C@@H](CO)O[C@H]1n1ccc(=O)[nH]c1=O.COC1[C@@H](OP(O)(=S)OC[C@H]2O[C@@H](n3cnc4c(N)ccnc43)C[C@H]2O)[C@@H](CO)O[C@H]1n1ccc(=O)[nH]c1=O. The first-order valence-electron chi connectivity index (χ1n) is 26.0. The summed E-state index contributed by atoms with van der Waals surface area (Å²) in [6, 6.07) is 3.84. The van der Waals surface area contributed by atoms with Gasteiger partial charge in [0.2, 0.25) is 0 Å². The number of hydrogen-bond acceptors (Lipinski definition) is 31. The summed E-state index contributed by atoms with van der Waals surface area (Å²) in [4.78, 5) is 95.7. The maximum Gasteiger partial charge on any atom is 0.509 e. The van der Waals surface area contributed by atoms with Crippen molar-refractivity contribution in [1.82, 2.24) is 53.2 Å². The number of aromatic amines is 2. The Morgan fingerprint density at radius 1 is 0.736 bits per heavy atom. The second-order valence-corrected chi connectivity index (χ2v) is 26.3. The van der Waals surface area contributed by atoms with Crippen molar-refractivity contribution in [2.24, 2.45) is 0 Å². The van der Waals surface area contributed by atoms with Gasteiger partial charge >= 0.3 is 31.1 Å². The van der Waals surface area contributed by atoms with Crippen molar-refractivity contribution < 1.29 is 90.7 Å². The van der Waals surface area contributed by atoms with Crippen LogP contribution in [0.15, 0.2) is 74.9 Å². The van der Waals surface area contributed by atoms with Crippen LogP contribution in [0, 0.1) is 0 Å². The van der Waals surface area contributed by atoms with Gasteiger partial charge in [0, 0.05) is 69.2 Å². The smallest absolute Gasteiger partial charge is 0.432 e. The summed E-state index contributed by atoms with van der Waals surface area (Å²) >= 11 is 5.65. The Morgan fingerprint density at radius 2 is 1.25 bits per heavy atom. The van der Waals surface area contributed by atoms with E-state index < -0.39 is 160 Å². The fourth-order valence-corrected chi connectivity index (χ4v) is 13.8. The Morgan fingerprint density at radius 3 is 1.77 bits per heavy atom. The van der Waals surface area contributed by atoms with Gasteiger partial charge in [-0.2, -0.15) is 0 Å². The fourth-order valence-electron chi connectivity index (χ4n) is 9.62. The van der Waals surface area contributed by atoms with Crippen molar-refractivity contribution >= 4 is 76.7 Å². The highest BCUT2D eigenvalue weighted by Crippen LogP contribution is 2.63. The molecule has 4 unspecified atom stereocenters. The number of nitrogen functional groups attached to an aromatic ring is 2. The predicted molar refractivity (Wildman–Crippen MR) is 305 cm³/mol. The van der Waals surface area contributed by atoms with E-state index >= 15 is 0 Å². The molecule has 0 spiro atoms. The molecular weight excluding hydrogens is 1240 g/mol. The van der Waals surface area contributed by atoms with Crippen molar-refractivity contribution in [3.63, 3.8) is 0 Å². The molecule has 87 heavy (non-hydrogen) atoms. The van der Waals surface area contributed by atoms with Crippen LogP contribution in [0.25, 0.3) is 22.3 Å². The third-order valence-electron chi connectivity index (χ3n) is 13.7. The first-order valence-corrected chi connectivity index (χ1v) is 31.7. The molecule has 4 fully saturated rings. The number of carbonyl (C=O) groups excluding carboxylic acids is 1. The van der Waals surface area contributed by atoms with E-state index in [1.165, 1.54) is 45.6 Å². The van der Waals surface area contributed by atoms with Gasteiger partial charge < -0.3 is 79.2 Å². The minimum atomic E-state index is -4.38. The zero-order chi connectivity index (χ0) is 61.8. The Bertz CT molecular complexity index is 3690. The maximum absolute atomic E-state index is 14.2. The molecule has 6 aromatic rings. The third-order valence-corrected chi connectivity index (χ3v) is 18.6. The van der Waals surface area contributed by atoms with Crippen molar-refractivity contribution in [1.29, 1.82) is 0 Å². The van der Waals surface area contributed by atoms with Crippen molar-refractivity contribution in [2.75, 3.05) is 58.1 Å². The average Bonchev–Trinajstić information content (AvgIpc) is 1.81. The molecule has 10 rings (SSSR count). The van der Waals surface area contributed by atoms with Gasteiger partial charge in [-0.25, -0.2) is 43.9 Å². The minimum Gasteiger partial charge on any atom is -0.432 e. The molecule has 10 heterocycles. The third kappa shape index (κ3) is 15.2. The molecule has 16 atom stereocenters. The van der Waals surface area contributed by atoms with Crippen LogP contribution < -0.4 is 34.0 Å². The van der Waals surface area contributed by atoms with E-state index in [9.17, 15) is 53.9 Å². The Hall–Kier alpha value is -5.97. The molecule has 4 aliphatic heterocycles. The van der Waals surface area contributed by atoms with E-state index in [4.69, 9.17) is 79.3 Å². The van der Waals surface area contributed by atoms with E-state index in [1.807, 2.05) is 0 Å². The fraction of sp³-hybridized carbons (Fsp3) is 0.574. The van der Waals surface area contributed by atoms with Gasteiger partial charge in [-0.3, -0.25) is 51.4 Å². The summed E-state index contributed by atoms with van der Waals surface area (Å²) in [5.41, 5.74) is 11.1. The number of hydrogen-bond donors (Lipinski definition) is 9. The van der Waals surface area contributed by atoms with E-state index in [-0.39, 0.29) is 32.7 Å². The molecule has 0 amide bonds. The largest absolute Gasteiger partial charge is 0.509 e. The van der Waals surface area contributed by atoms with Gasteiger partial charge in [-0.05, 0) is 31.7 Å². The number of carbonyl (C=O) groups is 1. The number of anilines is 2. The van der Waals surface area contributed by atoms with Crippen LogP contribution in [0.1, 0.15) is 59.0 Å². The topological polar surface area (TPSA) is 482 Å². The lowest BCUT2D eigenvalue weighted by molar-refractivity contribution is -0.0625. The van der Waals surface area contributed by atoms with Gasteiger partial charge in [0.05, 0.1) is 63.1 Å². The Balaban J connectivity index is 0.000000227. The number of aliphatic hydroxyl groups is 4. The number of aliphatic hydroxyl groups excluding tert-OH is 4. The predicted octanol–water partition coefficient (Wildman–Crippen LogP) is -0.354. The average molecular weight is 1310 g/mol. The van der Waals surface area contributed by atoms with Crippen molar-refractivity contribution in [2.45, 2.75) is 126 Å². The van der Waals surface area contributed by atoms with Crippen LogP contribution in [0.4, 0.5) is 16.3 Å². The lowest BCUT2D eigenvalue weighted by Gasteiger charge is -2.28. The molecule has 0 saturated carbocycles. The standard InChI is InChI=1S/C25H34N7O13PS.C21H27N6O10PS.CH4/c1-12(2)42-25(37)40-11-47-46(38,45-19-14(7-33)44-23(20(19)39-3)31-5-4-16(35)30-24(31)36)41-8-15-13(34)6-17(43-15)32-10-29-18-21(26)27-9-28-22(18)32;1-33-18-17(12(7-28)36-20(18)26-5-3-14(30)25-21(26)31)37-38(32,39)34-8-13-11(29)6-15(35-13)27-9-24-16-10(22)2-4-23-19(16)27;/h4-5,9-10,12-15,17,19-20,23,33-34H,6-8,11H2,1-3H3,(H2,26,27,28)(H,30,35,36);2-5,9,11-13,15,17-18,20,28-29H,6-8H2,1H3,(H2,22,23)(H,32,39)(H,25,30,31);1H4/t13-,14-,15-,17-,19+,20?,23-,46?;11-,12-,13-,15-,17+,18?,20-,38?;/m11./s1. The summed E-state index contributed by atoms with van der Waals surface area (Å²) in [5, 5.41) is 41.3. The lowest BCUT2D eigenvalue weighted by Crippen LogP contribution is -2.40. The molecule has 0 aromatic carbocycles. The zero-order valence-corrected chi connectivity index (χ0v) is 49.2. The monoisotopic (exact) mass is 1310 g/mol. The normalized spacial score (nSPS) is 28.5. The van der Waals surface area contributed by atoms with Gasteiger partial charge in [-0.15, -0.1) is 0 Å². The number of fused-ring (bicyclic) bond motifs is 2. The molecule has 4 saturated heterocycles. The summed E-state index contributed by atoms with van der Waals surface area (Å²) in [6.07, 6.45) is -7.56. The number of methoxy groups -OCH3 is 2. The number of rotatable bonds is 22. The summed E-state index contributed by atoms with van der Waals surface area (Å²) < 4.78 is 86.8. The van der Waals surface area contributed by atoms with Crippen LogP contribution in [-0.4, -0.2) is 198 Å². The van der Waals surface area contributed by atoms with Gasteiger partial charge in [0.15, 0.2) is 35.5 Å². The van der Waals surface area contributed by atoms with Crippen LogP contribution in [0.2, 0.25) is 0 Å². The van der Waals surface area contributed by atoms with Crippen LogP contribution in [0.5, 0.6) is 0 Å². The summed E-state index contributed by atoms with van der Waals surface area (Å²) in [5.74, 6) is -0.375. The molecule has 0 bridgehead atoms. The Kier molecular flexibility index (Phi) is 22.1. The van der Waals surface area contributed by atoms with Crippen LogP contribution in [0.3, 0.4) is 0 Å². The number of nitrogens with two attached hydrogens (primary N) is 2. The number of H-pyrrole nitrogens is 2. The molecule has 36 nitrogen and oxygen atoms in total. The summed E-state index contributed by atoms with van der Waals surface area (Å²) in [6.45, 7) is -7.14. The molecule has 40 heteroatoms. The van der Waals surface area contributed by atoms with Gasteiger partial charge in [0.25, 0.3) is 11.1 Å². The molecule has 0 aliphatic carbocycles. The van der Waals surface area contributed by atoms with E-state index in [0.29, 0.717) is 39.4 Å². The number of nitrogens with one attached hydrogen (secondary N) is 2. The number of imidazole rings is 2. The van der Waals surface area contributed by atoms with E-state index in [1.54, 1.807) is 35.2 Å². The summed E-state index contributed by atoms with van der Waals surface area (Å²) in [7, 11) is 2.60. The first kappa shape index (κ1) is 67.0. The second kappa shape index (κ2) is 28.7. The van der Waals surface area contributed by atoms with E-state index in [0.717, 1.165) is 21.3 Å². The van der Waals surface area contributed by atoms with Crippen molar-refractivity contribution in [3.8, 4) is 0 Å². The number of aromatic nitrogens is 11. The highest BCUT2D eigenvalue weighted by molar-refractivity contribution is 8.55. The molecule has 11 N–H and O–H groups in total. The van der Waals surface area contributed by atoms with Gasteiger partial charge in [0.1, 0.15) is 78.6 Å². The number of pyridine rings is 1. The van der Waals surface area contributed by atoms with E-state index in [2.05, 4.69) is 34.9 Å². The molecule has 478 valence electrons. The first-order chi connectivity index (χ1) is 41.0. The second-order valence-electron chi connectivity index (χ2n) is 19.6. The molecular formula is C47H65N13O23P2S2. The Labute approximate surface area is 500 Å². The van der Waals surface area contributed by atoms with Crippen LogP contribution in [-0.2, 0) is 72.4 Å². The number of nitrogens with zero attached hydrogens (tertiary/aromatic N) is 9. The number of ether oxygens (including phenoxy) is 8. The highest BCUT2D eigenvalue weighted by Gasteiger charge is 2.52. The highest BCUT2D eigenvalue weighted by atomic mass is 32.7. The molecule has 6 aromatic heterocycles. The van der Waals surface area contributed by atoms with Gasteiger partial charge in [-0.1, -0.05) is 7.43 Å². The maximum atomic E-state index is 14.2. The minimum absolute atomic E-state index is 0.